The second kappa shape index (κ2) is 11.9. The number of ketones is 1. The lowest BCUT2D eigenvalue weighted by atomic mass is 9.86. The van der Waals surface area contributed by atoms with Crippen LogP contribution in [0.5, 0.6) is 0 Å². The minimum absolute atomic E-state index is 0.0224. The van der Waals surface area contributed by atoms with Crippen molar-refractivity contribution in [2.75, 3.05) is 18.4 Å². The van der Waals surface area contributed by atoms with Gasteiger partial charge in [0.15, 0.2) is 5.78 Å². The smallest absolute Gasteiger partial charge is 0.241 e. The highest BCUT2D eigenvalue weighted by atomic mass is 79.9. The molecule has 0 bridgehead atoms. The van der Waals surface area contributed by atoms with Crippen LogP contribution in [0.4, 0.5) is 5.69 Å². The molecule has 1 aromatic heterocycles. The van der Waals surface area contributed by atoms with Gasteiger partial charge in [-0.3, -0.25) is 14.5 Å². The van der Waals surface area contributed by atoms with Crippen LogP contribution in [-0.4, -0.2) is 39.8 Å². The number of aromatic nitrogens is 2. The molecule has 1 saturated heterocycles. The van der Waals surface area contributed by atoms with Crippen molar-refractivity contribution >= 4 is 33.3 Å². The fourth-order valence-electron chi connectivity index (χ4n) is 4.94. The SMILES string of the molecule is CC(C)(C)c1ccc(C(=O)c2cccc(NC(=O)C3CCCN(Cc4nc(-c5cccc(Br)c5)no4)C3)c2)cc1. The second-order valence-electron chi connectivity index (χ2n) is 11.3. The Labute approximate surface area is 243 Å². The van der Waals surface area contributed by atoms with Crippen molar-refractivity contribution in [3.63, 3.8) is 0 Å². The second-order valence-corrected chi connectivity index (χ2v) is 12.2. The fraction of sp³-hybridized carbons (Fsp3) is 0.312. The Morgan fingerprint density at radius 3 is 2.55 bits per heavy atom. The summed E-state index contributed by atoms with van der Waals surface area (Å²) in [6.45, 7) is 8.38. The van der Waals surface area contributed by atoms with Gasteiger partial charge in [-0.05, 0) is 54.6 Å². The molecule has 0 aliphatic carbocycles. The Bertz CT molecular complexity index is 1510. The summed E-state index contributed by atoms with van der Waals surface area (Å²) in [5.74, 6) is 0.775. The van der Waals surface area contributed by atoms with E-state index in [1.807, 2.05) is 54.6 Å². The van der Waals surface area contributed by atoms with Crippen molar-refractivity contribution in [2.45, 2.75) is 45.6 Å². The summed E-state index contributed by atoms with van der Waals surface area (Å²) >= 11 is 3.47. The van der Waals surface area contributed by atoms with Gasteiger partial charge in [0.2, 0.25) is 17.6 Å². The zero-order valence-corrected chi connectivity index (χ0v) is 24.6. The predicted octanol–water partition coefficient (Wildman–Crippen LogP) is 6.88. The summed E-state index contributed by atoms with van der Waals surface area (Å²) in [5.41, 5.74) is 3.87. The molecule has 1 unspecified atom stereocenters. The van der Waals surface area contributed by atoms with E-state index < -0.39 is 0 Å². The van der Waals surface area contributed by atoms with Gasteiger partial charge in [0.1, 0.15) is 0 Å². The number of hydrogen-bond acceptors (Lipinski definition) is 6. The summed E-state index contributed by atoms with van der Waals surface area (Å²) < 4.78 is 6.45. The summed E-state index contributed by atoms with van der Waals surface area (Å²) in [5, 5.41) is 7.15. The monoisotopic (exact) mass is 600 g/mol. The van der Waals surface area contributed by atoms with E-state index >= 15 is 0 Å². The Hall–Kier alpha value is -3.62. The van der Waals surface area contributed by atoms with E-state index in [1.54, 1.807) is 18.2 Å². The molecule has 1 aliphatic rings. The summed E-state index contributed by atoms with van der Waals surface area (Å²) in [4.78, 5) is 33.0. The third-order valence-electron chi connectivity index (χ3n) is 7.19. The van der Waals surface area contributed by atoms with Gasteiger partial charge in [-0.2, -0.15) is 4.98 Å². The van der Waals surface area contributed by atoms with Crippen LogP contribution in [0.3, 0.4) is 0 Å². The molecule has 0 saturated carbocycles. The zero-order chi connectivity index (χ0) is 28.3. The first kappa shape index (κ1) is 27.9. The van der Waals surface area contributed by atoms with E-state index in [2.05, 4.69) is 57.1 Å². The zero-order valence-electron chi connectivity index (χ0n) is 23.0. The molecule has 5 rings (SSSR count). The van der Waals surface area contributed by atoms with Crippen molar-refractivity contribution in [3.8, 4) is 11.4 Å². The molecule has 1 atom stereocenters. The average molecular weight is 602 g/mol. The first-order chi connectivity index (χ1) is 19.2. The third-order valence-corrected chi connectivity index (χ3v) is 7.68. The molecule has 206 valence electrons. The molecule has 1 amide bonds. The molecule has 3 aromatic carbocycles. The maximum Gasteiger partial charge on any atom is 0.241 e. The number of piperidine rings is 1. The van der Waals surface area contributed by atoms with Gasteiger partial charge in [0.25, 0.3) is 0 Å². The van der Waals surface area contributed by atoms with Crippen molar-refractivity contribution in [2.24, 2.45) is 5.92 Å². The lowest BCUT2D eigenvalue weighted by Crippen LogP contribution is -2.40. The highest BCUT2D eigenvalue weighted by Crippen LogP contribution is 2.25. The van der Waals surface area contributed by atoms with Crippen LogP contribution in [0, 0.1) is 5.92 Å². The number of carbonyl (C=O) groups excluding carboxylic acids is 2. The largest absolute Gasteiger partial charge is 0.338 e. The van der Waals surface area contributed by atoms with Crippen LogP contribution in [0.15, 0.2) is 81.8 Å². The van der Waals surface area contributed by atoms with Gasteiger partial charge in [-0.25, -0.2) is 0 Å². The molecular formula is C32H33BrN4O3. The van der Waals surface area contributed by atoms with Gasteiger partial charge < -0.3 is 9.84 Å². The number of rotatable bonds is 7. The van der Waals surface area contributed by atoms with Gasteiger partial charge in [0, 0.05) is 33.4 Å². The molecule has 0 radical (unpaired) electrons. The lowest BCUT2D eigenvalue weighted by Gasteiger charge is -2.30. The van der Waals surface area contributed by atoms with Gasteiger partial charge in [0.05, 0.1) is 12.5 Å². The van der Waals surface area contributed by atoms with E-state index in [1.165, 1.54) is 5.56 Å². The lowest BCUT2D eigenvalue weighted by molar-refractivity contribution is -0.121. The Balaban J connectivity index is 1.20. The maximum absolute atomic E-state index is 13.2. The van der Waals surface area contributed by atoms with Crippen LogP contribution < -0.4 is 5.32 Å². The highest BCUT2D eigenvalue weighted by Gasteiger charge is 2.27. The van der Waals surface area contributed by atoms with Crippen molar-refractivity contribution in [1.82, 2.24) is 15.0 Å². The Morgan fingerprint density at radius 2 is 1.80 bits per heavy atom. The first-order valence-corrected chi connectivity index (χ1v) is 14.3. The number of nitrogens with one attached hydrogen (secondary N) is 1. The molecule has 40 heavy (non-hydrogen) atoms. The van der Waals surface area contributed by atoms with E-state index in [0.29, 0.717) is 41.6 Å². The molecule has 7 nitrogen and oxygen atoms in total. The van der Waals surface area contributed by atoms with E-state index in [0.717, 1.165) is 29.4 Å². The minimum atomic E-state index is -0.175. The third kappa shape index (κ3) is 6.74. The molecule has 8 heteroatoms. The van der Waals surface area contributed by atoms with E-state index in [4.69, 9.17) is 4.52 Å². The standard InChI is InChI=1S/C32H33BrN4O3/c1-32(2,3)25-14-12-21(13-15-25)29(38)22-7-5-11-27(18-22)34-31(39)24-9-6-16-37(19-24)20-28-35-30(36-40-28)23-8-4-10-26(33)17-23/h4-5,7-8,10-15,17-18,24H,6,9,16,19-20H2,1-3H3,(H,34,39). The van der Waals surface area contributed by atoms with Crippen molar-refractivity contribution in [3.05, 3.63) is 99.9 Å². The molecule has 1 N–H and O–H groups in total. The van der Waals surface area contributed by atoms with Crippen molar-refractivity contribution in [1.29, 1.82) is 0 Å². The number of carbonyl (C=O) groups is 2. The average Bonchev–Trinajstić information content (AvgIpc) is 3.41. The summed E-state index contributed by atoms with van der Waals surface area (Å²) in [6.07, 6.45) is 1.70. The van der Waals surface area contributed by atoms with Gasteiger partial charge in [-0.1, -0.05) is 90.4 Å². The molecular weight excluding hydrogens is 568 g/mol. The van der Waals surface area contributed by atoms with Gasteiger partial charge >= 0.3 is 0 Å². The van der Waals surface area contributed by atoms with Crippen LogP contribution in [-0.2, 0) is 16.8 Å². The number of anilines is 1. The highest BCUT2D eigenvalue weighted by molar-refractivity contribution is 9.10. The molecule has 0 spiro atoms. The number of amides is 1. The van der Waals surface area contributed by atoms with Crippen LogP contribution in [0.2, 0.25) is 0 Å². The van der Waals surface area contributed by atoms with Crippen LogP contribution in [0.25, 0.3) is 11.4 Å². The summed E-state index contributed by atoms with van der Waals surface area (Å²) in [7, 11) is 0. The summed E-state index contributed by atoms with van der Waals surface area (Å²) in [6, 6.07) is 22.7. The minimum Gasteiger partial charge on any atom is -0.338 e. The maximum atomic E-state index is 13.2. The van der Waals surface area contributed by atoms with E-state index in [9.17, 15) is 9.59 Å². The number of nitrogens with zero attached hydrogens (tertiary/aromatic N) is 3. The topological polar surface area (TPSA) is 88.3 Å². The molecule has 1 fully saturated rings. The van der Waals surface area contributed by atoms with E-state index in [-0.39, 0.29) is 23.0 Å². The predicted molar refractivity (Wildman–Crippen MR) is 159 cm³/mol. The first-order valence-electron chi connectivity index (χ1n) is 13.5. The Morgan fingerprint density at radius 1 is 1.02 bits per heavy atom. The number of halogens is 1. The van der Waals surface area contributed by atoms with Crippen LogP contribution in [0.1, 0.15) is 61.0 Å². The van der Waals surface area contributed by atoms with Crippen LogP contribution >= 0.6 is 15.9 Å². The van der Waals surface area contributed by atoms with Gasteiger partial charge in [-0.15, -0.1) is 0 Å². The fourth-order valence-corrected chi connectivity index (χ4v) is 5.34. The number of hydrogen-bond donors (Lipinski definition) is 1. The Kier molecular flexibility index (Phi) is 8.28. The van der Waals surface area contributed by atoms with Crippen molar-refractivity contribution < 1.29 is 14.1 Å². The number of benzene rings is 3. The molecule has 4 aromatic rings. The molecule has 2 heterocycles. The number of likely N-dealkylation sites (tertiary alicyclic amines) is 1. The quantitative estimate of drug-likeness (QED) is 0.233. The molecule has 1 aliphatic heterocycles. The normalized spacial score (nSPS) is 16.1.